The van der Waals surface area contributed by atoms with E-state index in [1.807, 2.05) is 0 Å². The summed E-state index contributed by atoms with van der Waals surface area (Å²) in [5.41, 5.74) is 6.68. The number of aromatic amines is 1. The number of carbonyl (C=O) groups is 2. The zero-order valence-corrected chi connectivity index (χ0v) is 10.5. The van der Waals surface area contributed by atoms with Crippen LogP contribution in [-0.2, 0) is 9.59 Å². The number of fused-ring (bicyclic) bond motifs is 1. The quantitative estimate of drug-likeness (QED) is 0.734. The van der Waals surface area contributed by atoms with E-state index in [4.69, 9.17) is 10.8 Å². The summed E-state index contributed by atoms with van der Waals surface area (Å²) in [6, 6.07) is 2.83. The number of nitrogens with two attached hydrogens (primary N) is 1. The minimum absolute atomic E-state index is 0.194. The Hall–Kier alpha value is -2.37. The standard InChI is InChI=1S/C13H13FN2O3/c1-5-3-4-7(14)11-8(5)9(6(2)16-11)10(12(15)17)13(18)19/h3-4,10,16H,1-2H3,(H2,15,17)(H,18,19). The van der Waals surface area contributed by atoms with Gasteiger partial charge in [-0.15, -0.1) is 0 Å². The second-order valence-corrected chi connectivity index (χ2v) is 4.45. The van der Waals surface area contributed by atoms with Crippen molar-refractivity contribution in [2.75, 3.05) is 0 Å². The maximum Gasteiger partial charge on any atom is 0.320 e. The number of carbonyl (C=O) groups excluding carboxylic acids is 1. The van der Waals surface area contributed by atoms with Crippen molar-refractivity contribution in [3.8, 4) is 0 Å². The maximum atomic E-state index is 13.7. The van der Waals surface area contributed by atoms with E-state index in [0.29, 0.717) is 16.6 Å². The van der Waals surface area contributed by atoms with Gasteiger partial charge in [0.15, 0.2) is 5.92 Å². The second-order valence-electron chi connectivity index (χ2n) is 4.45. The van der Waals surface area contributed by atoms with Gasteiger partial charge in [-0.05, 0) is 25.5 Å². The monoisotopic (exact) mass is 264 g/mol. The number of hydrogen-bond donors (Lipinski definition) is 3. The molecule has 0 spiro atoms. The van der Waals surface area contributed by atoms with Gasteiger partial charge in [-0.3, -0.25) is 9.59 Å². The molecular weight excluding hydrogens is 251 g/mol. The molecule has 19 heavy (non-hydrogen) atoms. The molecule has 1 heterocycles. The fraction of sp³-hybridized carbons (Fsp3) is 0.231. The van der Waals surface area contributed by atoms with Gasteiger partial charge in [0, 0.05) is 16.6 Å². The molecule has 2 aromatic rings. The summed E-state index contributed by atoms with van der Waals surface area (Å²) in [7, 11) is 0. The molecule has 0 aliphatic rings. The van der Waals surface area contributed by atoms with Crippen LogP contribution in [0.4, 0.5) is 4.39 Å². The lowest BCUT2D eigenvalue weighted by molar-refractivity contribution is -0.142. The second kappa shape index (κ2) is 4.38. The minimum Gasteiger partial charge on any atom is -0.480 e. The van der Waals surface area contributed by atoms with Crippen LogP contribution in [0.15, 0.2) is 12.1 Å². The Morgan fingerprint density at radius 1 is 1.37 bits per heavy atom. The lowest BCUT2D eigenvalue weighted by atomic mass is 9.93. The highest BCUT2D eigenvalue weighted by Gasteiger charge is 2.31. The Morgan fingerprint density at radius 2 is 2.00 bits per heavy atom. The van der Waals surface area contributed by atoms with Crippen molar-refractivity contribution in [1.82, 2.24) is 4.98 Å². The first-order chi connectivity index (χ1) is 8.84. The van der Waals surface area contributed by atoms with Crippen molar-refractivity contribution in [2.24, 2.45) is 5.73 Å². The van der Waals surface area contributed by atoms with Crippen LogP contribution in [0.25, 0.3) is 10.9 Å². The number of carboxylic acids is 1. The molecule has 0 bridgehead atoms. The van der Waals surface area contributed by atoms with E-state index < -0.39 is 23.6 Å². The molecule has 6 heteroatoms. The average Bonchev–Trinajstić information content (AvgIpc) is 2.63. The predicted octanol–water partition coefficient (Wildman–Crippen LogP) is 1.58. The summed E-state index contributed by atoms with van der Waals surface area (Å²) in [4.78, 5) is 25.4. The lowest BCUT2D eigenvalue weighted by Crippen LogP contribution is -2.28. The van der Waals surface area contributed by atoms with Crippen molar-refractivity contribution in [2.45, 2.75) is 19.8 Å². The third-order valence-corrected chi connectivity index (χ3v) is 3.17. The third kappa shape index (κ3) is 1.95. The SMILES string of the molecule is Cc1[nH]c2c(F)ccc(C)c2c1C(C(N)=O)C(=O)O. The number of H-pyrrole nitrogens is 1. The van der Waals surface area contributed by atoms with Crippen molar-refractivity contribution >= 4 is 22.8 Å². The number of amides is 1. The van der Waals surface area contributed by atoms with Gasteiger partial charge in [-0.2, -0.15) is 0 Å². The van der Waals surface area contributed by atoms with Crippen LogP contribution in [0.1, 0.15) is 22.7 Å². The minimum atomic E-state index is -1.49. The van der Waals surface area contributed by atoms with Gasteiger partial charge in [0.2, 0.25) is 5.91 Å². The van der Waals surface area contributed by atoms with Crippen LogP contribution < -0.4 is 5.73 Å². The first-order valence-electron chi connectivity index (χ1n) is 5.64. The highest BCUT2D eigenvalue weighted by molar-refractivity contribution is 6.06. The Bertz CT molecular complexity index is 677. The van der Waals surface area contributed by atoms with Gasteiger partial charge >= 0.3 is 5.97 Å². The number of rotatable bonds is 3. The first kappa shape index (κ1) is 13.1. The normalized spacial score (nSPS) is 12.6. The van der Waals surface area contributed by atoms with Crippen LogP contribution in [0.3, 0.4) is 0 Å². The molecule has 1 aromatic carbocycles. The molecule has 0 radical (unpaired) electrons. The zero-order chi connectivity index (χ0) is 14.3. The number of hydrogen-bond acceptors (Lipinski definition) is 2. The first-order valence-corrected chi connectivity index (χ1v) is 5.64. The number of halogens is 1. The number of primary amides is 1. The molecule has 1 atom stereocenters. The van der Waals surface area contributed by atoms with Gasteiger partial charge in [0.05, 0.1) is 5.52 Å². The molecule has 1 aromatic heterocycles. The molecule has 5 nitrogen and oxygen atoms in total. The summed E-state index contributed by atoms with van der Waals surface area (Å²) in [6.07, 6.45) is 0. The Morgan fingerprint density at radius 3 is 2.53 bits per heavy atom. The predicted molar refractivity (Wildman–Crippen MR) is 67.3 cm³/mol. The maximum absolute atomic E-state index is 13.7. The Kier molecular flexibility index (Phi) is 3.01. The van der Waals surface area contributed by atoms with Crippen molar-refractivity contribution in [3.63, 3.8) is 0 Å². The highest BCUT2D eigenvalue weighted by atomic mass is 19.1. The topological polar surface area (TPSA) is 96.2 Å². The Balaban J connectivity index is 2.87. The number of benzene rings is 1. The van der Waals surface area contributed by atoms with Crippen LogP contribution >= 0.6 is 0 Å². The van der Waals surface area contributed by atoms with E-state index in [1.165, 1.54) is 12.1 Å². The molecule has 2 rings (SSSR count). The molecule has 1 amide bonds. The lowest BCUT2D eigenvalue weighted by Gasteiger charge is -2.10. The summed E-state index contributed by atoms with van der Waals surface area (Å²) in [6.45, 7) is 3.31. The molecule has 4 N–H and O–H groups in total. The zero-order valence-electron chi connectivity index (χ0n) is 10.5. The molecule has 0 fully saturated rings. The smallest absolute Gasteiger partial charge is 0.320 e. The fourth-order valence-electron chi connectivity index (χ4n) is 2.34. The van der Waals surface area contributed by atoms with Gasteiger partial charge in [0.25, 0.3) is 0 Å². The summed E-state index contributed by atoms with van der Waals surface area (Å²) < 4.78 is 13.7. The molecule has 0 aliphatic heterocycles. The molecule has 0 saturated carbocycles. The van der Waals surface area contributed by atoms with Crippen molar-refractivity contribution in [1.29, 1.82) is 0 Å². The summed E-state index contributed by atoms with van der Waals surface area (Å²) in [5.74, 6) is -4.31. The average molecular weight is 264 g/mol. The van der Waals surface area contributed by atoms with Crippen LogP contribution in [0, 0.1) is 19.7 Å². The van der Waals surface area contributed by atoms with Crippen molar-refractivity contribution < 1.29 is 19.1 Å². The number of nitrogens with one attached hydrogen (secondary N) is 1. The van der Waals surface area contributed by atoms with Crippen LogP contribution in [0.2, 0.25) is 0 Å². The molecule has 100 valence electrons. The molecule has 1 unspecified atom stereocenters. The molecule has 0 saturated heterocycles. The fourth-order valence-corrected chi connectivity index (χ4v) is 2.34. The van der Waals surface area contributed by atoms with E-state index in [0.717, 1.165) is 0 Å². The highest BCUT2D eigenvalue weighted by Crippen LogP contribution is 2.33. The van der Waals surface area contributed by atoms with E-state index in [9.17, 15) is 14.0 Å². The number of aryl methyl sites for hydroxylation is 2. The number of carboxylic acid groups (broad SMARTS) is 1. The van der Waals surface area contributed by atoms with E-state index in [1.54, 1.807) is 13.8 Å². The van der Waals surface area contributed by atoms with Crippen LogP contribution in [-0.4, -0.2) is 22.0 Å². The van der Waals surface area contributed by atoms with E-state index in [2.05, 4.69) is 4.98 Å². The van der Waals surface area contributed by atoms with Crippen LogP contribution in [0.5, 0.6) is 0 Å². The largest absolute Gasteiger partial charge is 0.480 e. The van der Waals surface area contributed by atoms with E-state index >= 15 is 0 Å². The number of aromatic nitrogens is 1. The third-order valence-electron chi connectivity index (χ3n) is 3.17. The summed E-state index contributed by atoms with van der Waals surface area (Å²) >= 11 is 0. The van der Waals surface area contributed by atoms with Gasteiger partial charge in [0.1, 0.15) is 5.82 Å². The van der Waals surface area contributed by atoms with E-state index in [-0.39, 0.29) is 11.1 Å². The van der Waals surface area contributed by atoms with Crippen molar-refractivity contribution in [3.05, 3.63) is 34.8 Å². The molecular formula is C13H13FN2O3. The van der Waals surface area contributed by atoms with Gasteiger partial charge in [-0.1, -0.05) is 6.07 Å². The Labute approximate surface area is 108 Å². The molecule has 0 aliphatic carbocycles. The van der Waals surface area contributed by atoms with Gasteiger partial charge in [-0.25, -0.2) is 4.39 Å². The van der Waals surface area contributed by atoms with Gasteiger partial charge < -0.3 is 15.8 Å². The summed E-state index contributed by atoms with van der Waals surface area (Å²) in [5, 5.41) is 9.56. The number of aliphatic carboxylic acids is 1.